The fourth-order valence-corrected chi connectivity index (χ4v) is 3.73. The van der Waals surface area contributed by atoms with Crippen LogP contribution in [0.2, 0.25) is 0 Å². The summed E-state index contributed by atoms with van der Waals surface area (Å²) < 4.78 is 27.5. The van der Waals surface area contributed by atoms with Crippen LogP contribution in [-0.2, 0) is 10.0 Å². The highest BCUT2D eigenvalue weighted by Crippen LogP contribution is 2.16. The monoisotopic (exact) mass is 298 g/mol. The number of hydrogen-bond acceptors (Lipinski definition) is 3. The maximum atomic E-state index is 12.4. The van der Waals surface area contributed by atoms with E-state index in [2.05, 4.69) is 23.5 Å². The van der Waals surface area contributed by atoms with Gasteiger partial charge in [0.1, 0.15) is 0 Å². The van der Waals surface area contributed by atoms with Crippen LogP contribution in [0.3, 0.4) is 0 Å². The number of sulfonamides is 1. The summed E-state index contributed by atoms with van der Waals surface area (Å²) in [6.45, 7) is 12.2. The molecule has 114 valence electrons. The maximum Gasteiger partial charge on any atom is 0.240 e. The van der Waals surface area contributed by atoms with Gasteiger partial charge in [0.2, 0.25) is 10.0 Å². The summed E-state index contributed by atoms with van der Waals surface area (Å²) in [6.07, 6.45) is 0. The van der Waals surface area contributed by atoms with Gasteiger partial charge in [-0.15, -0.1) is 0 Å². The molecule has 0 fully saturated rings. The van der Waals surface area contributed by atoms with E-state index in [1.807, 2.05) is 32.9 Å². The fraction of sp³-hybridized carbons (Fsp3) is 0.600. The summed E-state index contributed by atoms with van der Waals surface area (Å²) >= 11 is 0. The van der Waals surface area contributed by atoms with Crippen molar-refractivity contribution in [3.63, 3.8) is 0 Å². The van der Waals surface area contributed by atoms with Gasteiger partial charge in [0, 0.05) is 12.6 Å². The van der Waals surface area contributed by atoms with Crippen molar-refractivity contribution < 1.29 is 8.42 Å². The molecule has 0 saturated heterocycles. The molecular weight excluding hydrogens is 272 g/mol. The Hall–Kier alpha value is -0.910. The SMILES string of the molecule is CCN(CC)C(C)CNS(=O)(=O)c1cc(C)ccc1C. The van der Waals surface area contributed by atoms with Gasteiger partial charge in [-0.05, 0) is 51.1 Å². The predicted molar refractivity (Wildman–Crippen MR) is 83.5 cm³/mol. The van der Waals surface area contributed by atoms with Gasteiger partial charge in [-0.25, -0.2) is 13.1 Å². The van der Waals surface area contributed by atoms with Crippen LogP contribution in [0, 0.1) is 13.8 Å². The molecule has 1 atom stereocenters. The van der Waals surface area contributed by atoms with Gasteiger partial charge >= 0.3 is 0 Å². The third-order valence-electron chi connectivity index (χ3n) is 3.64. The van der Waals surface area contributed by atoms with E-state index in [1.165, 1.54) is 0 Å². The summed E-state index contributed by atoms with van der Waals surface area (Å²) in [7, 11) is -3.44. The summed E-state index contributed by atoms with van der Waals surface area (Å²) in [5.41, 5.74) is 1.73. The highest BCUT2D eigenvalue weighted by molar-refractivity contribution is 7.89. The Bertz CT molecular complexity index is 537. The zero-order valence-corrected chi connectivity index (χ0v) is 13.9. The van der Waals surface area contributed by atoms with Gasteiger partial charge in [-0.2, -0.15) is 0 Å². The van der Waals surface area contributed by atoms with Crippen LogP contribution in [-0.4, -0.2) is 39.0 Å². The Kier molecular flexibility index (Phi) is 6.17. The predicted octanol–water partition coefficient (Wildman–Crippen LogP) is 2.31. The Morgan fingerprint density at radius 3 is 2.35 bits per heavy atom. The van der Waals surface area contributed by atoms with Crippen molar-refractivity contribution >= 4 is 10.0 Å². The van der Waals surface area contributed by atoms with Crippen molar-refractivity contribution in [3.05, 3.63) is 29.3 Å². The van der Waals surface area contributed by atoms with Gasteiger partial charge in [0.15, 0.2) is 0 Å². The molecule has 1 rings (SSSR count). The topological polar surface area (TPSA) is 49.4 Å². The van der Waals surface area contributed by atoms with Crippen molar-refractivity contribution in [2.24, 2.45) is 0 Å². The van der Waals surface area contributed by atoms with Crippen molar-refractivity contribution in [1.29, 1.82) is 0 Å². The zero-order valence-electron chi connectivity index (χ0n) is 13.1. The lowest BCUT2D eigenvalue weighted by Crippen LogP contribution is -2.42. The van der Waals surface area contributed by atoms with Crippen molar-refractivity contribution in [2.75, 3.05) is 19.6 Å². The van der Waals surface area contributed by atoms with Crippen molar-refractivity contribution in [1.82, 2.24) is 9.62 Å². The lowest BCUT2D eigenvalue weighted by Gasteiger charge is -2.26. The van der Waals surface area contributed by atoms with E-state index in [0.29, 0.717) is 11.4 Å². The molecule has 0 bridgehead atoms. The first-order valence-electron chi connectivity index (χ1n) is 7.12. The highest BCUT2D eigenvalue weighted by Gasteiger charge is 2.19. The molecule has 0 aliphatic heterocycles. The highest BCUT2D eigenvalue weighted by atomic mass is 32.2. The Morgan fingerprint density at radius 1 is 1.20 bits per heavy atom. The van der Waals surface area contributed by atoms with Crippen LogP contribution in [0.25, 0.3) is 0 Å². The van der Waals surface area contributed by atoms with Crippen molar-refractivity contribution in [2.45, 2.75) is 45.6 Å². The largest absolute Gasteiger partial charge is 0.300 e. The minimum atomic E-state index is -3.44. The van der Waals surface area contributed by atoms with Gasteiger partial charge in [-0.1, -0.05) is 26.0 Å². The van der Waals surface area contributed by atoms with Gasteiger partial charge in [0.25, 0.3) is 0 Å². The molecule has 1 N–H and O–H groups in total. The third-order valence-corrected chi connectivity index (χ3v) is 5.20. The molecule has 0 spiro atoms. The summed E-state index contributed by atoms with van der Waals surface area (Å²) in [6, 6.07) is 5.68. The second kappa shape index (κ2) is 7.20. The van der Waals surface area contributed by atoms with Gasteiger partial charge in [-0.3, -0.25) is 4.90 Å². The number of aryl methyl sites for hydroxylation is 2. The molecule has 1 aromatic rings. The summed E-state index contributed by atoms with van der Waals surface area (Å²) in [5, 5.41) is 0. The molecule has 4 nitrogen and oxygen atoms in total. The quantitative estimate of drug-likeness (QED) is 0.840. The molecule has 20 heavy (non-hydrogen) atoms. The minimum absolute atomic E-state index is 0.185. The van der Waals surface area contributed by atoms with E-state index in [4.69, 9.17) is 0 Å². The van der Waals surface area contributed by atoms with E-state index in [9.17, 15) is 8.42 Å². The van der Waals surface area contributed by atoms with Crippen LogP contribution in [0.4, 0.5) is 0 Å². The first-order valence-corrected chi connectivity index (χ1v) is 8.61. The lowest BCUT2D eigenvalue weighted by atomic mass is 10.2. The molecule has 0 aliphatic rings. The molecular formula is C15H26N2O2S. The van der Waals surface area contributed by atoms with Gasteiger partial charge < -0.3 is 0 Å². The van der Waals surface area contributed by atoms with E-state index < -0.39 is 10.0 Å². The molecule has 0 radical (unpaired) electrons. The third kappa shape index (κ3) is 4.30. The summed E-state index contributed by atoms with van der Waals surface area (Å²) in [4.78, 5) is 2.61. The van der Waals surface area contributed by atoms with Gasteiger partial charge in [0.05, 0.1) is 4.90 Å². The molecule has 0 heterocycles. The van der Waals surface area contributed by atoms with Crippen molar-refractivity contribution in [3.8, 4) is 0 Å². The second-order valence-electron chi connectivity index (χ2n) is 5.19. The maximum absolute atomic E-state index is 12.4. The van der Waals surface area contributed by atoms with Crippen LogP contribution in [0.1, 0.15) is 31.9 Å². The van der Waals surface area contributed by atoms with E-state index >= 15 is 0 Å². The minimum Gasteiger partial charge on any atom is -0.300 e. The molecule has 0 saturated carbocycles. The Balaban J connectivity index is 2.83. The van der Waals surface area contributed by atoms with Crippen LogP contribution >= 0.6 is 0 Å². The Labute approximate surface area is 123 Å². The smallest absolute Gasteiger partial charge is 0.240 e. The summed E-state index contributed by atoms with van der Waals surface area (Å²) in [5.74, 6) is 0. The first kappa shape index (κ1) is 17.1. The van der Waals surface area contributed by atoms with Crippen LogP contribution in [0.15, 0.2) is 23.1 Å². The number of nitrogens with zero attached hydrogens (tertiary/aromatic N) is 1. The van der Waals surface area contributed by atoms with Crippen LogP contribution in [0.5, 0.6) is 0 Å². The standard InChI is InChI=1S/C15H26N2O2S/c1-6-17(7-2)14(5)11-16-20(18,19)15-10-12(3)8-9-13(15)4/h8-10,14,16H,6-7,11H2,1-5H3. The van der Waals surface area contributed by atoms with E-state index in [-0.39, 0.29) is 6.04 Å². The molecule has 1 aromatic carbocycles. The molecule has 1 unspecified atom stereocenters. The number of nitrogens with one attached hydrogen (secondary N) is 1. The average molecular weight is 298 g/mol. The number of likely N-dealkylation sites (N-methyl/N-ethyl adjacent to an activating group) is 1. The van der Waals surface area contributed by atoms with E-state index in [1.54, 1.807) is 6.07 Å². The fourth-order valence-electron chi connectivity index (χ4n) is 2.28. The molecule has 5 heteroatoms. The molecule has 0 aliphatic carbocycles. The zero-order chi connectivity index (χ0) is 15.3. The van der Waals surface area contributed by atoms with Crippen LogP contribution < -0.4 is 4.72 Å². The molecule has 0 aromatic heterocycles. The average Bonchev–Trinajstić information content (AvgIpc) is 2.40. The normalized spacial score (nSPS) is 13.7. The number of benzene rings is 1. The number of hydrogen-bond donors (Lipinski definition) is 1. The number of rotatable bonds is 7. The lowest BCUT2D eigenvalue weighted by molar-refractivity contribution is 0.232. The second-order valence-corrected chi connectivity index (χ2v) is 6.93. The molecule has 0 amide bonds. The Morgan fingerprint density at radius 2 is 1.80 bits per heavy atom. The van der Waals surface area contributed by atoms with E-state index in [0.717, 1.165) is 24.2 Å². The first-order chi connectivity index (χ1) is 9.31.